The Labute approximate surface area is 132 Å². The lowest BCUT2D eigenvalue weighted by Crippen LogP contribution is -2.07. The van der Waals surface area contributed by atoms with Crippen molar-refractivity contribution >= 4 is 38.9 Å². The Balaban J connectivity index is 2.01. The first-order valence-corrected chi connectivity index (χ1v) is 7.74. The summed E-state index contributed by atoms with van der Waals surface area (Å²) >= 11 is 10.7. The predicted molar refractivity (Wildman–Crippen MR) is 82.4 cm³/mol. The largest absolute Gasteiger partial charge is 0.381 e. The Morgan fingerprint density at radius 1 is 1.30 bits per heavy atom. The molecule has 1 atom stereocenters. The molecule has 0 fully saturated rings. The number of hydrogen-bond acceptors (Lipinski definition) is 4. The first-order chi connectivity index (χ1) is 9.66. The lowest BCUT2D eigenvalue weighted by atomic mass is 10.2. The summed E-state index contributed by atoms with van der Waals surface area (Å²) in [5, 5.41) is 18.4. The van der Waals surface area contributed by atoms with Crippen LogP contribution in [0.3, 0.4) is 0 Å². The fourth-order valence-corrected chi connectivity index (χ4v) is 3.58. The van der Waals surface area contributed by atoms with Crippen molar-refractivity contribution in [1.82, 2.24) is 15.0 Å². The van der Waals surface area contributed by atoms with Crippen molar-refractivity contribution in [3.05, 3.63) is 62.0 Å². The van der Waals surface area contributed by atoms with E-state index >= 15 is 0 Å². The van der Waals surface area contributed by atoms with Crippen LogP contribution in [-0.4, -0.2) is 20.1 Å². The van der Waals surface area contributed by atoms with Crippen LogP contribution in [0.15, 0.2) is 47.1 Å². The minimum absolute atomic E-state index is 0.599. The Morgan fingerprint density at radius 2 is 2.05 bits per heavy atom. The molecule has 0 aliphatic heterocycles. The molecule has 0 aliphatic rings. The molecule has 0 bridgehead atoms. The van der Waals surface area contributed by atoms with Gasteiger partial charge in [0.25, 0.3) is 0 Å². The Hall–Kier alpha value is -1.21. The van der Waals surface area contributed by atoms with E-state index in [4.69, 9.17) is 11.6 Å². The highest BCUT2D eigenvalue weighted by Crippen LogP contribution is 2.37. The minimum atomic E-state index is -0.820. The van der Waals surface area contributed by atoms with E-state index < -0.39 is 6.10 Å². The topological polar surface area (TPSA) is 50.9 Å². The molecule has 0 saturated carbocycles. The second kappa shape index (κ2) is 5.65. The van der Waals surface area contributed by atoms with Gasteiger partial charge in [0.2, 0.25) is 0 Å². The van der Waals surface area contributed by atoms with Crippen LogP contribution in [0.5, 0.6) is 0 Å². The summed E-state index contributed by atoms with van der Waals surface area (Å²) in [6.45, 7) is 0. The molecule has 0 aliphatic carbocycles. The maximum Gasteiger partial charge on any atom is 0.132 e. The number of benzene rings is 1. The van der Waals surface area contributed by atoms with Gasteiger partial charge in [-0.3, -0.25) is 0 Å². The van der Waals surface area contributed by atoms with Gasteiger partial charge in [-0.2, -0.15) is 0 Å². The monoisotopic (exact) mass is 369 g/mol. The summed E-state index contributed by atoms with van der Waals surface area (Å²) in [5.74, 6) is 0. The van der Waals surface area contributed by atoms with Gasteiger partial charge < -0.3 is 5.11 Å². The minimum Gasteiger partial charge on any atom is -0.381 e. The molecule has 7 heteroatoms. The van der Waals surface area contributed by atoms with Crippen LogP contribution >= 0.6 is 38.9 Å². The highest BCUT2D eigenvalue weighted by atomic mass is 79.9. The van der Waals surface area contributed by atoms with Crippen molar-refractivity contribution in [1.29, 1.82) is 0 Å². The second-order valence-electron chi connectivity index (χ2n) is 4.08. The molecule has 3 aromatic rings. The molecule has 20 heavy (non-hydrogen) atoms. The van der Waals surface area contributed by atoms with E-state index in [1.165, 1.54) is 11.3 Å². The number of aliphatic hydroxyl groups is 1. The van der Waals surface area contributed by atoms with Crippen LogP contribution < -0.4 is 0 Å². The van der Waals surface area contributed by atoms with Crippen molar-refractivity contribution < 1.29 is 5.11 Å². The molecule has 0 spiro atoms. The number of aromatic nitrogens is 3. The number of hydrogen-bond donors (Lipinski definition) is 1. The van der Waals surface area contributed by atoms with E-state index in [9.17, 15) is 5.11 Å². The molecule has 3 rings (SSSR count). The summed E-state index contributed by atoms with van der Waals surface area (Å²) in [5.41, 5.74) is 1.45. The Bertz CT molecular complexity index is 709. The number of halogens is 2. The molecule has 4 nitrogen and oxygen atoms in total. The van der Waals surface area contributed by atoms with Gasteiger partial charge in [0.15, 0.2) is 0 Å². The average molecular weight is 371 g/mol. The third-order valence-electron chi connectivity index (χ3n) is 2.79. The van der Waals surface area contributed by atoms with Gasteiger partial charge in [-0.1, -0.05) is 35.0 Å². The van der Waals surface area contributed by atoms with Crippen LogP contribution in [0.4, 0.5) is 0 Å². The fraction of sp³-hybridized carbons (Fsp3) is 0.0769. The van der Waals surface area contributed by atoms with Crippen molar-refractivity contribution in [2.75, 3.05) is 0 Å². The second-order valence-corrected chi connectivity index (χ2v) is 6.62. The lowest BCUT2D eigenvalue weighted by Gasteiger charge is -2.10. The maximum absolute atomic E-state index is 10.5. The molecule has 2 aromatic heterocycles. The summed E-state index contributed by atoms with van der Waals surface area (Å²) in [6.07, 6.45) is 0.734. The van der Waals surface area contributed by atoms with Gasteiger partial charge in [-0.05, 0) is 34.1 Å². The zero-order valence-electron chi connectivity index (χ0n) is 10.1. The smallest absolute Gasteiger partial charge is 0.132 e. The van der Waals surface area contributed by atoms with Gasteiger partial charge in [-0.15, -0.1) is 16.4 Å². The number of aliphatic hydroxyl groups excluding tert-OH is 1. The zero-order valence-corrected chi connectivity index (χ0v) is 13.2. The Morgan fingerprint density at radius 3 is 2.70 bits per heavy atom. The van der Waals surface area contributed by atoms with Crippen molar-refractivity contribution in [2.45, 2.75) is 6.10 Å². The molecule has 2 heterocycles. The molecule has 1 N–H and O–H groups in total. The maximum atomic E-state index is 10.5. The van der Waals surface area contributed by atoms with Crippen LogP contribution in [-0.2, 0) is 0 Å². The lowest BCUT2D eigenvalue weighted by molar-refractivity contribution is 0.215. The van der Waals surface area contributed by atoms with Crippen molar-refractivity contribution in [3.63, 3.8) is 0 Å². The van der Waals surface area contributed by atoms with Crippen molar-refractivity contribution in [2.24, 2.45) is 0 Å². The summed E-state index contributed by atoms with van der Waals surface area (Å²) in [4.78, 5) is 0.737. The van der Waals surface area contributed by atoms with Gasteiger partial charge in [0.1, 0.15) is 10.4 Å². The molecule has 1 aromatic carbocycles. The molecule has 0 saturated heterocycles. The summed E-state index contributed by atoms with van der Waals surface area (Å²) < 4.78 is 3.00. The first kappa shape index (κ1) is 13.8. The first-order valence-electron chi connectivity index (χ1n) is 5.75. The van der Waals surface area contributed by atoms with Crippen LogP contribution in [0.1, 0.15) is 16.7 Å². The predicted octanol–water partition coefficient (Wildman–Crippen LogP) is 3.83. The standard InChI is InChI=1S/C13H9BrClN3OS/c14-9-6-11(20-13(9)15)12(19)10-7-16-17-18(10)8-4-2-1-3-5-8/h1-7,12,19H. The number of nitrogens with zero attached hydrogens (tertiary/aromatic N) is 3. The van der Waals surface area contributed by atoms with E-state index in [1.54, 1.807) is 16.9 Å². The van der Waals surface area contributed by atoms with Crippen molar-refractivity contribution in [3.8, 4) is 5.69 Å². The highest BCUT2D eigenvalue weighted by molar-refractivity contribution is 9.10. The molecular weight excluding hydrogens is 362 g/mol. The molecule has 102 valence electrons. The molecular formula is C13H9BrClN3OS. The molecule has 0 radical (unpaired) electrons. The van der Waals surface area contributed by atoms with Gasteiger partial charge >= 0.3 is 0 Å². The summed E-state index contributed by atoms with van der Waals surface area (Å²) in [6, 6.07) is 11.4. The third kappa shape index (κ3) is 2.52. The number of rotatable bonds is 3. The van der Waals surface area contributed by atoms with E-state index in [0.717, 1.165) is 15.0 Å². The van der Waals surface area contributed by atoms with Crippen LogP contribution in [0.25, 0.3) is 5.69 Å². The van der Waals surface area contributed by atoms with Crippen LogP contribution in [0, 0.1) is 0 Å². The third-order valence-corrected chi connectivity index (χ3v) is 5.32. The number of para-hydroxylation sites is 1. The summed E-state index contributed by atoms with van der Waals surface area (Å²) in [7, 11) is 0. The Kier molecular flexibility index (Phi) is 3.89. The van der Waals surface area contributed by atoms with Gasteiger partial charge in [0.05, 0.1) is 17.6 Å². The average Bonchev–Trinajstić information content (AvgIpc) is 3.07. The van der Waals surface area contributed by atoms with Crippen LogP contribution in [0.2, 0.25) is 4.34 Å². The normalized spacial score (nSPS) is 12.6. The van der Waals surface area contributed by atoms with E-state index in [2.05, 4.69) is 26.2 Å². The SMILES string of the molecule is OC(c1cc(Br)c(Cl)s1)c1cnnn1-c1ccccc1. The number of thiophene rings is 1. The molecule has 1 unspecified atom stereocenters. The quantitative estimate of drug-likeness (QED) is 0.762. The van der Waals surface area contributed by atoms with E-state index in [-0.39, 0.29) is 0 Å². The van der Waals surface area contributed by atoms with E-state index in [1.807, 2.05) is 30.3 Å². The van der Waals surface area contributed by atoms with Gasteiger partial charge in [-0.25, -0.2) is 4.68 Å². The highest BCUT2D eigenvalue weighted by Gasteiger charge is 2.20. The van der Waals surface area contributed by atoms with Gasteiger partial charge in [0, 0.05) is 9.35 Å². The zero-order chi connectivity index (χ0) is 14.1. The molecule has 0 amide bonds. The fourth-order valence-electron chi connectivity index (χ4n) is 1.84. The van der Waals surface area contributed by atoms with E-state index in [0.29, 0.717) is 10.0 Å².